The third kappa shape index (κ3) is 4.41. The van der Waals surface area contributed by atoms with E-state index in [1.165, 1.54) is 0 Å². The van der Waals surface area contributed by atoms with Crippen molar-refractivity contribution in [1.29, 1.82) is 0 Å². The van der Waals surface area contributed by atoms with Crippen molar-refractivity contribution in [2.75, 3.05) is 13.2 Å². The summed E-state index contributed by atoms with van der Waals surface area (Å²) < 4.78 is 16.8. The molecular weight excluding hydrogens is 401 g/mol. The number of fused-ring (bicyclic) bond motifs is 1. The molecule has 6 nitrogen and oxygen atoms in total. The van der Waals surface area contributed by atoms with Crippen LogP contribution in [0.5, 0.6) is 11.5 Å². The number of hydrogen-bond acceptors (Lipinski definition) is 6. The van der Waals surface area contributed by atoms with E-state index in [0.29, 0.717) is 29.1 Å². The number of hydrogen-bond donors (Lipinski definition) is 1. The normalized spacial score (nSPS) is 13.3. The number of ether oxygens (including phenoxy) is 2. The average Bonchev–Trinajstić information content (AvgIpc) is 3.02. The highest BCUT2D eigenvalue weighted by Crippen LogP contribution is 2.32. The standard InChI is InChI=1S/C20H20ClN3O3.ClH/c1-12(2)26-18-6-4-14(10-16(18)21)20-23-19(24-27-20)13-3-5-17-15(9-13)11-22-7-8-25-17;/h3-6,9-10,12,22H,7-8,11H2,1-2H3;1H. The van der Waals surface area contributed by atoms with Crippen LogP contribution < -0.4 is 14.8 Å². The van der Waals surface area contributed by atoms with E-state index in [9.17, 15) is 0 Å². The third-order valence-electron chi connectivity index (χ3n) is 4.14. The van der Waals surface area contributed by atoms with Gasteiger partial charge in [0.25, 0.3) is 5.89 Å². The molecule has 0 fully saturated rings. The van der Waals surface area contributed by atoms with E-state index < -0.39 is 0 Å². The van der Waals surface area contributed by atoms with Gasteiger partial charge in [-0.1, -0.05) is 16.8 Å². The second kappa shape index (κ2) is 8.82. The van der Waals surface area contributed by atoms with Crippen molar-refractivity contribution in [3.8, 4) is 34.3 Å². The predicted octanol–water partition coefficient (Wildman–Crippen LogP) is 4.75. The summed E-state index contributed by atoms with van der Waals surface area (Å²) in [6, 6.07) is 11.3. The van der Waals surface area contributed by atoms with Crippen LogP contribution in [0.1, 0.15) is 19.4 Å². The molecule has 0 saturated heterocycles. The Kier molecular flexibility index (Phi) is 6.44. The summed E-state index contributed by atoms with van der Waals surface area (Å²) >= 11 is 6.31. The van der Waals surface area contributed by atoms with Crippen LogP contribution in [0, 0.1) is 0 Å². The van der Waals surface area contributed by atoms with Crippen LogP contribution in [0.4, 0.5) is 0 Å². The van der Waals surface area contributed by atoms with Crippen molar-refractivity contribution in [1.82, 2.24) is 15.5 Å². The van der Waals surface area contributed by atoms with Gasteiger partial charge in [-0.05, 0) is 50.2 Å². The first-order valence-electron chi connectivity index (χ1n) is 8.87. The largest absolute Gasteiger partial charge is 0.492 e. The second-order valence-electron chi connectivity index (χ2n) is 6.58. The van der Waals surface area contributed by atoms with Gasteiger partial charge in [0.1, 0.15) is 18.1 Å². The Morgan fingerprint density at radius 2 is 1.96 bits per heavy atom. The first-order valence-corrected chi connectivity index (χ1v) is 9.25. The predicted molar refractivity (Wildman–Crippen MR) is 110 cm³/mol. The van der Waals surface area contributed by atoms with E-state index in [-0.39, 0.29) is 18.5 Å². The molecule has 0 saturated carbocycles. The van der Waals surface area contributed by atoms with Crippen molar-refractivity contribution in [3.63, 3.8) is 0 Å². The summed E-state index contributed by atoms with van der Waals surface area (Å²) in [6.07, 6.45) is 0.0510. The molecule has 0 spiro atoms. The molecule has 1 N–H and O–H groups in total. The molecule has 0 bridgehead atoms. The minimum atomic E-state index is 0. The van der Waals surface area contributed by atoms with Crippen molar-refractivity contribution in [3.05, 3.63) is 47.0 Å². The van der Waals surface area contributed by atoms with Crippen LogP contribution >= 0.6 is 24.0 Å². The van der Waals surface area contributed by atoms with Crippen LogP contribution in [0.2, 0.25) is 5.02 Å². The Morgan fingerprint density at radius 1 is 1.14 bits per heavy atom. The van der Waals surface area contributed by atoms with Crippen LogP contribution in [0.25, 0.3) is 22.8 Å². The van der Waals surface area contributed by atoms with Gasteiger partial charge in [0, 0.05) is 29.8 Å². The fraction of sp³-hybridized carbons (Fsp3) is 0.300. The van der Waals surface area contributed by atoms with Gasteiger partial charge in [0.2, 0.25) is 5.82 Å². The van der Waals surface area contributed by atoms with Crippen LogP contribution in [-0.2, 0) is 6.54 Å². The minimum Gasteiger partial charge on any atom is -0.492 e. The van der Waals surface area contributed by atoms with E-state index in [1.807, 2.05) is 44.2 Å². The maximum Gasteiger partial charge on any atom is 0.258 e. The lowest BCUT2D eigenvalue weighted by molar-refractivity contribution is 0.242. The fourth-order valence-electron chi connectivity index (χ4n) is 2.90. The molecule has 0 amide bonds. The number of halogens is 2. The molecule has 3 aromatic rings. The quantitative estimate of drug-likeness (QED) is 0.655. The van der Waals surface area contributed by atoms with Gasteiger partial charge in [-0.25, -0.2) is 0 Å². The molecule has 1 aliphatic heterocycles. The summed E-state index contributed by atoms with van der Waals surface area (Å²) in [5.74, 6) is 2.45. The van der Waals surface area contributed by atoms with Gasteiger partial charge in [-0.2, -0.15) is 4.98 Å². The highest BCUT2D eigenvalue weighted by atomic mass is 35.5. The molecule has 2 aromatic carbocycles. The summed E-state index contributed by atoms with van der Waals surface area (Å²) in [7, 11) is 0. The molecule has 28 heavy (non-hydrogen) atoms. The zero-order valence-corrected chi connectivity index (χ0v) is 17.1. The minimum absolute atomic E-state index is 0. The number of benzene rings is 2. The third-order valence-corrected chi connectivity index (χ3v) is 4.43. The topological polar surface area (TPSA) is 69.4 Å². The van der Waals surface area contributed by atoms with E-state index in [0.717, 1.165) is 35.5 Å². The summed E-state index contributed by atoms with van der Waals surface area (Å²) in [4.78, 5) is 4.52. The maximum atomic E-state index is 6.31. The molecule has 1 aromatic heterocycles. The summed E-state index contributed by atoms with van der Waals surface area (Å²) in [5, 5.41) is 7.94. The van der Waals surface area contributed by atoms with Crippen molar-refractivity contribution < 1.29 is 14.0 Å². The molecule has 8 heteroatoms. The Morgan fingerprint density at radius 3 is 2.75 bits per heavy atom. The SMILES string of the molecule is CC(C)Oc1ccc(-c2nc(-c3ccc4c(c3)CNCCO4)no2)cc1Cl.Cl. The molecule has 148 valence electrons. The zero-order chi connectivity index (χ0) is 18.8. The van der Waals surface area contributed by atoms with Crippen molar-refractivity contribution in [2.24, 2.45) is 0 Å². The number of aromatic nitrogens is 2. The molecule has 1 aliphatic rings. The van der Waals surface area contributed by atoms with Crippen molar-refractivity contribution in [2.45, 2.75) is 26.5 Å². The first kappa shape index (κ1) is 20.5. The van der Waals surface area contributed by atoms with Crippen molar-refractivity contribution >= 4 is 24.0 Å². The number of nitrogens with zero attached hydrogens (tertiary/aromatic N) is 2. The van der Waals surface area contributed by atoms with E-state index in [4.69, 9.17) is 25.6 Å². The van der Waals surface area contributed by atoms with E-state index >= 15 is 0 Å². The molecular formula is C20H21Cl2N3O3. The molecule has 0 unspecified atom stereocenters. The van der Waals surface area contributed by atoms with Gasteiger partial charge < -0.3 is 19.3 Å². The first-order chi connectivity index (χ1) is 13.1. The molecule has 0 atom stereocenters. The fourth-order valence-corrected chi connectivity index (χ4v) is 3.12. The lowest BCUT2D eigenvalue weighted by Crippen LogP contribution is -2.16. The molecule has 0 radical (unpaired) electrons. The highest BCUT2D eigenvalue weighted by molar-refractivity contribution is 6.32. The molecule has 2 heterocycles. The van der Waals surface area contributed by atoms with Gasteiger partial charge >= 0.3 is 0 Å². The highest BCUT2D eigenvalue weighted by Gasteiger charge is 2.15. The van der Waals surface area contributed by atoms with Crippen LogP contribution in [-0.4, -0.2) is 29.4 Å². The maximum absolute atomic E-state index is 6.31. The lowest BCUT2D eigenvalue weighted by Gasteiger charge is -2.11. The number of nitrogens with one attached hydrogen (secondary N) is 1. The zero-order valence-electron chi connectivity index (χ0n) is 15.6. The van der Waals surface area contributed by atoms with E-state index in [1.54, 1.807) is 6.07 Å². The summed E-state index contributed by atoms with van der Waals surface area (Å²) in [6.45, 7) is 6.15. The Labute approximate surface area is 174 Å². The second-order valence-corrected chi connectivity index (χ2v) is 6.99. The Bertz CT molecular complexity index is 960. The average molecular weight is 422 g/mol. The van der Waals surface area contributed by atoms with Gasteiger partial charge in [0.05, 0.1) is 11.1 Å². The summed E-state index contributed by atoms with van der Waals surface area (Å²) in [5.41, 5.74) is 2.70. The van der Waals surface area contributed by atoms with Gasteiger partial charge in [-0.15, -0.1) is 12.4 Å². The Hall–Kier alpha value is -2.28. The Balaban J connectivity index is 0.00000225. The lowest BCUT2D eigenvalue weighted by atomic mass is 10.1. The smallest absolute Gasteiger partial charge is 0.258 e. The van der Waals surface area contributed by atoms with Gasteiger partial charge in [0.15, 0.2) is 0 Å². The molecule has 0 aliphatic carbocycles. The molecule has 4 rings (SSSR count). The number of rotatable bonds is 4. The van der Waals surface area contributed by atoms with E-state index in [2.05, 4.69) is 15.5 Å². The van der Waals surface area contributed by atoms with Crippen LogP contribution in [0.15, 0.2) is 40.9 Å². The monoisotopic (exact) mass is 421 g/mol. The van der Waals surface area contributed by atoms with Gasteiger partial charge in [-0.3, -0.25) is 0 Å². The van der Waals surface area contributed by atoms with Crippen LogP contribution in [0.3, 0.4) is 0 Å².